The van der Waals surface area contributed by atoms with E-state index in [0.29, 0.717) is 23.7 Å². The molecule has 3 atom stereocenters. The van der Waals surface area contributed by atoms with Crippen molar-refractivity contribution in [3.63, 3.8) is 0 Å². The summed E-state index contributed by atoms with van der Waals surface area (Å²) in [6.07, 6.45) is 1.93. The second-order valence-electron chi connectivity index (χ2n) is 9.12. The van der Waals surface area contributed by atoms with Crippen LogP contribution in [0.2, 0.25) is 0 Å². The van der Waals surface area contributed by atoms with Gasteiger partial charge in [-0.15, -0.1) is 0 Å². The highest BCUT2D eigenvalue weighted by atomic mass is 16.2. The quantitative estimate of drug-likeness (QED) is 0.784. The van der Waals surface area contributed by atoms with Crippen LogP contribution in [0.5, 0.6) is 0 Å². The number of aromatic nitrogens is 1. The number of likely N-dealkylation sites (N-methyl/N-ethyl adjacent to an activating group) is 1. The molecule has 2 aliphatic heterocycles. The van der Waals surface area contributed by atoms with E-state index in [2.05, 4.69) is 16.9 Å². The normalized spacial score (nSPS) is 27.4. The highest BCUT2D eigenvalue weighted by Crippen LogP contribution is 2.46. The first kappa shape index (κ1) is 20.1. The SMILES string of the molecule is CC(=O)c1[nH]c(C)c(C(=O)N2CC[C@@H]3C[C@@H](C(=O)N4CCN(C)CC4)[C@@H]3C2)c1C. The van der Waals surface area contributed by atoms with Crippen LogP contribution in [0.4, 0.5) is 0 Å². The van der Waals surface area contributed by atoms with Crippen LogP contribution in [0, 0.1) is 31.6 Å². The van der Waals surface area contributed by atoms with Crippen molar-refractivity contribution in [1.29, 1.82) is 0 Å². The Balaban J connectivity index is 1.45. The number of H-pyrrole nitrogens is 1. The number of Topliss-reactive ketones (excluding diaryl/α,β-unsaturated/α-hetero) is 1. The number of aromatic amines is 1. The van der Waals surface area contributed by atoms with E-state index in [4.69, 9.17) is 0 Å². The maximum atomic E-state index is 13.3. The van der Waals surface area contributed by atoms with Crippen molar-refractivity contribution in [2.45, 2.75) is 33.6 Å². The molecule has 0 bridgehead atoms. The summed E-state index contributed by atoms with van der Waals surface area (Å²) in [4.78, 5) is 47.4. The predicted octanol–water partition coefficient (Wildman–Crippen LogP) is 1.71. The maximum Gasteiger partial charge on any atom is 0.255 e. The van der Waals surface area contributed by atoms with E-state index in [-0.39, 0.29) is 29.4 Å². The second kappa shape index (κ2) is 7.59. The van der Waals surface area contributed by atoms with E-state index in [1.165, 1.54) is 6.92 Å². The van der Waals surface area contributed by atoms with Gasteiger partial charge in [0.05, 0.1) is 11.3 Å². The molecule has 7 nitrogen and oxygen atoms in total. The Kier molecular flexibility index (Phi) is 5.27. The molecule has 1 saturated carbocycles. The average molecular weight is 401 g/mol. The van der Waals surface area contributed by atoms with Crippen molar-refractivity contribution >= 4 is 17.6 Å². The van der Waals surface area contributed by atoms with Gasteiger partial charge in [-0.05, 0) is 51.1 Å². The topological polar surface area (TPSA) is 76.7 Å². The number of fused-ring (bicyclic) bond motifs is 1. The molecule has 158 valence electrons. The van der Waals surface area contributed by atoms with Crippen LogP contribution in [-0.4, -0.2) is 83.6 Å². The summed E-state index contributed by atoms with van der Waals surface area (Å²) < 4.78 is 0. The third kappa shape index (κ3) is 3.50. The molecule has 7 heteroatoms. The first-order valence-electron chi connectivity index (χ1n) is 10.7. The highest BCUT2D eigenvalue weighted by Gasteiger charge is 2.49. The van der Waals surface area contributed by atoms with Gasteiger partial charge in [-0.3, -0.25) is 14.4 Å². The van der Waals surface area contributed by atoms with E-state index in [1.54, 1.807) is 0 Å². The van der Waals surface area contributed by atoms with Gasteiger partial charge in [0.15, 0.2) is 5.78 Å². The molecule has 2 amide bonds. The van der Waals surface area contributed by atoms with Crippen molar-refractivity contribution in [2.24, 2.45) is 17.8 Å². The first-order chi connectivity index (χ1) is 13.8. The Labute approximate surface area is 172 Å². The van der Waals surface area contributed by atoms with Gasteiger partial charge in [-0.1, -0.05) is 0 Å². The fourth-order valence-corrected chi connectivity index (χ4v) is 5.39. The molecule has 1 N–H and O–H groups in total. The van der Waals surface area contributed by atoms with Gasteiger partial charge in [-0.2, -0.15) is 0 Å². The molecule has 0 aromatic carbocycles. The summed E-state index contributed by atoms with van der Waals surface area (Å²) in [7, 11) is 2.09. The molecule has 1 aromatic rings. The Hall–Kier alpha value is -2.15. The number of nitrogens with one attached hydrogen (secondary N) is 1. The Morgan fingerprint density at radius 2 is 1.69 bits per heavy atom. The van der Waals surface area contributed by atoms with E-state index >= 15 is 0 Å². The molecular weight excluding hydrogens is 368 g/mol. The van der Waals surface area contributed by atoms with Crippen LogP contribution in [0.1, 0.15) is 51.9 Å². The number of likely N-dealkylation sites (tertiary alicyclic amines) is 1. The lowest BCUT2D eigenvalue weighted by Gasteiger charge is -2.51. The van der Waals surface area contributed by atoms with Crippen LogP contribution >= 0.6 is 0 Å². The first-order valence-corrected chi connectivity index (χ1v) is 10.7. The number of hydrogen-bond acceptors (Lipinski definition) is 4. The number of aryl methyl sites for hydroxylation is 1. The minimum Gasteiger partial charge on any atom is -0.355 e. The van der Waals surface area contributed by atoms with Crippen LogP contribution in [0.15, 0.2) is 0 Å². The van der Waals surface area contributed by atoms with Crippen molar-refractivity contribution in [3.05, 3.63) is 22.5 Å². The number of carbonyl (C=O) groups is 3. The Morgan fingerprint density at radius 3 is 2.31 bits per heavy atom. The smallest absolute Gasteiger partial charge is 0.255 e. The van der Waals surface area contributed by atoms with E-state index < -0.39 is 0 Å². The zero-order chi connectivity index (χ0) is 20.9. The predicted molar refractivity (Wildman–Crippen MR) is 110 cm³/mol. The highest BCUT2D eigenvalue weighted by molar-refractivity contribution is 6.02. The molecule has 0 unspecified atom stereocenters. The number of amides is 2. The van der Waals surface area contributed by atoms with Gasteiger partial charge in [0.25, 0.3) is 5.91 Å². The summed E-state index contributed by atoms with van der Waals surface area (Å²) in [6.45, 7) is 10.1. The van der Waals surface area contributed by atoms with Gasteiger partial charge < -0.3 is 19.7 Å². The minimum atomic E-state index is -0.0554. The summed E-state index contributed by atoms with van der Waals surface area (Å²) >= 11 is 0. The molecule has 1 aromatic heterocycles. The molecule has 0 spiro atoms. The monoisotopic (exact) mass is 400 g/mol. The lowest BCUT2D eigenvalue weighted by atomic mass is 9.61. The number of ketones is 1. The largest absolute Gasteiger partial charge is 0.355 e. The van der Waals surface area contributed by atoms with E-state index in [0.717, 1.165) is 56.8 Å². The van der Waals surface area contributed by atoms with Gasteiger partial charge in [-0.25, -0.2) is 0 Å². The van der Waals surface area contributed by atoms with Gasteiger partial charge >= 0.3 is 0 Å². The number of rotatable bonds is 3. The molecule has 2 saturated heterocycles. The Bertz CT molecular complexity index is 837. The molecule has 29 heavy (non-hydrogen) atoms. The van der Waals surface area contributed by atoms with Gasteiger partial charge in [0.1, 0.15) is 0 Å². The van der Waals surface area contributed by atoms with Crippen molar-refractivity contribution < 1.29 is 14.4 Å². The molecule has 1 aliphatic carbocycles. The number of piperazine rings is 1. The maximum absolute atomic E-state index is 13.3. The molecule has 3 fully saturated rings. The number of piperidine rings is 1. The fraction of sp³-hybridized carbons (Fsp3) is 0.682. The second-order valence-corrected chi connectivity index (χ2v) is 9.12. The lowest BCUT2D eigenvalue weighted by Crippen LogP contribution is -2.58. The summed E-state index contributed by atoms with van der Waals surface area (Å²) in [5.74, 6) is 1.09. The van der Waals surface area contributed by atoms with Crippen LogP contribution in [-0.2, 0) is 4.79 Å². The number of nitrogens with zero attached hydrogens (tertiary/aromatic N) is 3. The van der Waals surface area contributed by atoms with Crippen molar-refractivity contribution in [2.75, 3.05) is 46.3 Å². The van der Waals surface area contributed by atoms with E-state index in [9.17, 15) is 14.4 Å². The van der Waals surface area contributed by atoms with Crippen molar-refractivity contribution in [1.82, 2.24) is 19.7 Å². The van der Waals surface area contributed by atoms with E-state index in [1.807, 2.05) is 23.6 Å². The van der Waals surface area contributed by atoms with Crippen LogP contribution in [0.25, 0.3) is 0 Å². The Morgan fingerprint density at radius 1 is 1.00 bits per heavy atom. The molecular formula is C22H32N4O3. The average Bonchev–Trinajstić information content (AvgIpc) is 2.97. The molecule has 0 radical (unpaired) electrons. The summed E-state index contributed by atoms with van der Waals surface area (Å²) in [6, 6.07) is 0. The van der Waals surface area contributed by atoms with Gasteiger partial charge in [0.2, 0.25) is 5.91 Å². The van der Waals surface area contributed by atoms with Crippen molar-refractivity contribution in [3.8, 4) is 0 Å². The minimum absolute atomic E-state index is 0.0140. The fourth-order valence-electron chi connectivity index (χ4n) is 5.39. The molecule has 3 heterocycles. The third-order valence-corrected chi connectivity index (χ3v) is 7.30. The number of hydrogen-bond donors (Lipinski definition) is 1. The third-order valence-electron chi connectivity index (χ3n) is 7.30. The zero-order valence-corrected chi connectivity index (χ0v) is 18.0. The summed E-state index contributed by atoms with van der Waals surface area (Å²) in [5, 5.41) is 0. The summed E-state index contributed by atoms with van der Waals surface area (Å²) in [5.41, 5.74) is 2.63. The number of carbonyl (C=O) groups excluding carboxylic acids is 3. The lowest BCUT2D eigenvalue weighted by molar-refractivity contribution is -0.148. The molecule has 3 aliphatic rings. The van der Waals surface area contributed by atoms with Crippen LogP contribution in [0.3, 0.4) is 0 Å². The standard InChI is InChI=1S/C22H32N4O3/c1-13-19(14(2)23-20(13)15(3)27)22(29)26-6-5-16-11-17(18(16)12-26)21(28)25-9-7-24(4)8-10-25/h16-18,23H,5-12H2,1-4H3/t16-,17-,18-/m1/s1. The zero-order valence-electron chi connectivity index (χ0n) is 18.0. The van der Waals surface area contributed by atoms with Crippen LogP contribution < -0.4 is 0 Å². The molecule has 4 rings (SSSR count). The van der Waals surface area contributed by atoms with Gasteiger partial charge in [0, 0.05) is 57.8 Å².